The Labute approximate surface area is 83.3 Å². The zero-order valence-corrected chi connectivity index (χ0v) is 8.33. The number of rotatable bonds is 4. The van der Waals surface area contributed by atoms with Gasteiger partial charge in [0.15, 0.2) is 0 Å². The van der Waals surface area contributed by atoms with E-state index in [0.29, 0.717) is 6.61 Å². The van der Waals surface area contributed by atoms with Gasteiger partial charge < -0.3 is 9.53 Å². The molecule has 1 atom stereocenters. The van der Waals surface area contributed by atoms with E-state index in [9.17, 15) is 4.79 Å². The van der Waals surface area contributed by atoms with Crippen molar-refractivity contribution in [1.82, 2.24) is 0 Å². The molecule has 1 aromatic rings. The second kappa shape index (κ2) is 4.92. The van der Waals surface area contributed by atoms with Gasteiger partial charge in [0.05, 0.1) is 11.9 Å². The Bertz CT molecular complexity index is 269. The SMILES string of the molecule is CCOc1ccc(C(S)C=O)cc1. The van der Waals surface area contributed by atoms with E-state index in [1.54, 1.807) is 0 Å². The molecule has 0 saturated heterocycles. The number of hydrogen-bond acceptors (Lipinski definition) is 3. The van der Waals surface area contributed by atoms with Crippen molar-refractivity contribution < 1.29 is 9.53 Å². The summed E-state index contributed by atoms with van der Waals surface area (Å²) in [6.45, 7) is 2.58. The number of hydrogen-bond donors (Lipinski definition) is 1. The average molecular weight is 196 g/mol. The largest absolute Gasteiger partial charge is 0.494 e. The molecule has 13 heavy (non-hydrogen) atoms. The van der Waals surface area contributed by atoms with Gasteiger partial charge in [0.1, 0.15) is 12.0 Å². The summed E-state index contributed by atoms with van der Waals surface area (Å²) in [5.41, 5.74) is 0.891. The molecular formula is C10H12O2S. The Morgan fingerprint density at radius 3 is 2.54 bits per heavy atom. The van der Waals surface area contributed by atoms with Crippen LogP contribution in [-0.2, 0) is 4.79 Å². The van der Waals surface area contributed by atoms with E-state index >= 15 is 0 Å². The summed E-state index contributed by atoms with van der Waals surface area (Å²) in [7, 11) is 0. The van der Waals surface area contributed by atoms with Crippen molar-refractivity contribution >= 4 is 18.9 Å². The van der Waals surface area contributed by atoms with Crippen molar-refractivity contribution in [2.75, 3.05) is 6.61 Å². The molecule has 0 bridgehead atoms. The lowest BCUT2D eigenvalue weighted by atomic mass is 10.1. The second-order valence-electron chi connectivity index (χ2n) is 2.58. The highest BCUT2D eigenvalue weighted by Gasteiger charge is 2.03. The van der Waals surface area contributed by atoms with Crippen LogP contribution in [0.2, 0.25) is 0 Å². The second-order valence-corrected chi connectivity index (χ2v) is 3.14. The highest BCUT2D eigenvalue weighted by atomic mass is 32.1. The van der Waals surface area contributed by atoms with Gasteiger partial charge in [-0.05, 0) is 24.6 Å². The molecule has 0 spiro atoms. The predicted molar refractivity (Wildman–Crippen MR) is 55.4 cm³/mol. The molecule has 0 aromatic heterocycles. The fourth-order valence-electron chi connectivity index (χ4n) is 1.01. The summed E-state index contributed by atoms with van der Waals surface area (Å²) >= 11 is 4.10. The minimum atomic E-state index is -0.337. The van der Waals surface area contributed by atoms with Gasteiger partial charge >= 0.3 is 0 Å². The Morgan fingerprint density at radius 1 is 1.46 bits per heavy atom. The Kier molecular flexibility index (Phi) is 3.83. The zero-order valence-electron chi connectivity index (χ0n) is 7.43. The van der Waals surface area contributed by atoms with Crippen molar-refractivity contribution in [1.29, 1.82) is 0 Å². The van der Waals surface area contributed by atoms with Crippen molar-refractivity contribution in [3.63, 3.8) is 0 Å². The monoisotopic (exact) mass is 196 g/mol. The minimum absolute atomic E-state index is 0.337. The molecule has 0 saturated carbocycles. The maximum Gasteiger partial charge on any atom is 0.137 e. The quantitative estimate of drug-likeness (QED) is 0.590. The summed E-state index contributed by atoms with van der Waals surface area (Å²) in [6, 6.07) is 7.37. The molecule has 1 aromatic carbocycles. The number of carbonyl (C=O) groups excluding carboxylic acids is 1. The zero-order chi connectivity index (χ0) is 9.68. The summed E-state index contributed by atoms with van der Waals surface area (Å²) in [5, 5.41) is -0.337. The number of benzene rings is 1. The number of carbonyl (C=O) groups is 1. The van der Waals surface area contributed by atoms with Gasteiger partial charge in [-0.15, -0.1) is 0 Å². The Balaban J connectivity index is 2.74. The third-order valence-corrected chi connectivity index (χ3v) is 2.08. The third-order valence-electron chi connectivity index (χ3n) is 1.66. The van der Waals surface area contributed by atoms with E-state index < -0.39 is 0 Å². The molecule has 0 radical (unpaired) electrons. The first-order valence-electron chi connectivity index (χ1n) is 4.14. The Morgan fingerprint density at radius 2 is 2.08 bits per heavy atom. The van der Waals surface area contributed by atoms with Crippen LogP contribution in [0.25, 0.3) is 0 Å². The topological polar surface area (TPSA) is 26.3 Å². The summed E-state index contributed by atoms with van der Waals surface area (Å²) < 4.78 is 5.26. The van der Waals surface area contributed by atoms with Crippen LogP contribution in [-0.4, -0.2) is 12.9 Å². The first kappa shape index (κ1) is 10.1. The lowest BCUT2D eigenvalue weighted by molar-refractivity contribution is -0.107. The molecule has 0 aliphatic heterocycles. The maximum atomic E-state index is 10.4. The average Bonchev–Trinajstić information content (AvgIpc) is 2.18. The van der Waals surface area contributed by atoms with Gasteiger partial charge in [-0.2, -0.15) is 12.6 Å². The maximum absolute atomic E-state index is 10.4. The van der Waals surface area contributed by atoms with Crippen LogP contribution < -0.4 is 4.74 Å². The van der Waals surface area contributed by atoms with E-state index in [2.05, 4.69) is 12.6 Å². The third kappa shape index (κ3) is 2.77. The highest BCUT2D eigenvalue weighted by molar-refractivity contribution is 7.81. The molecule has 0 heterocycles. The fraction of sp³-hybridized carbons (Fsp3) is 0.300. The van der Waals surface area contributed by atoms with Crippen molar-refractivity contribution in [3.8, 4) is 5.75 Å². The molecule has 0 N–H and O–H groups in total. The number of thiol groups is 1. The summed E-state index contributed by atoms with van der Waals surface area (Å²) in [5.74, 6) is 0.817. The standard InChI is InChI=1S/C10H12O2S/c1-2-12-9-5-3-8(4-6-9)10(13)7-11/h3-7,10,13H,2H2,1H3. The van der Waals surface area contributed by atoms with Crippen LogP contribution in [0.3, 0.4) is 0 Å². The van der Waals surface area contributed by atoms with E-state index in [1.165, 1.54) is 0 Å². The predicted octanol–water partition coefficient (Wildman–Crippen LogP) is 2.26. The Hall–Kier alpha value is -0.960. The first-order chi connectivity index (χ1) is 6.27. The molecule has 0 aliphatic rings. The van der Waals surface area contributed by atoms with Crippen LogP contribution >= 0.6 is 12.6 Å². The molecule has 1 rings (SSSR count). The molecule has 0 fully saturated rings. The van der Waals surface area contributed by atoms with Crippen LogP contribution in [0.5, 0.6) is 5.75 Å². The number of aldehydes is 1. The van der Waals surface area contributed by atoms with Crippen molar-refractivity contribution in [3.05, 3.63) is 29.8 Å². The molecule has 1 unspecified atom stereocenters. The molecule has 3 heteroatoms. The van der Waals surface area contributed by atoms with E-state index in [4.69, 9.17) is 4.74 Å². The lowest BCUT2D eigenvalue weighted by Crippen LogP contribution is -1.93. The number of ether oxygens (including phenoxy) is 1. The molecule has 70 valence electrons. The van der Waals surface area contributed by atoms with Gasteiger partial charge in [-0.1, -0.05) is 12.1 Å². The van der Waals surface area contributed by atoms with Crippen LogP contribution in [0.15, 0.2) is 24.3 Å². The molecule has 2 nitrogen and oxygen atoms in total. The fourth-order valence-corrected chi connectivity index (χ4v) is 1.18. The van der Waals surface area contributed by atoms with Gasteiger partial charge in [-0.25, -0.2) is 0 Å². The van der Waals surface area contributed by atoms with E-state index in [1.807, 2.05) is 31.2 Å². The van der Waals surface area contributed by atoms with Gasteiger partial charge in [0.2, 0.25) is 0 Å². The lowest BCUT2D eigenvalue weighted by Gasteiger charge is -2.05. The van der Waals surface area contributed by atoms with E-state index in [-0.39, 0.29) is 5.25 Å². The minimum Gasteiger partial charge on any atom is -0.494 e. The molecular weight excluding hydrogens is 184 g/mol. The van der Waals surface area contributed by atoms with Crippen LogP contribution in [0, 0.1) is 0 Å². The van der Waals surface area contributed by atoms with Gasteiger partial charge in [-0.3, -0.25) is 0 Å². The normalized spacial score (nSPS) is 12.2. The van der Waals surface area contributed by atoms with Gasteiger partial charge in [0, 0.05) is 0 Å². The van der Waals surface area contributed by atoms with Crippen LogP contribution in [0.4, 0.5) is 0 Å². The first-order valence-corrected chi connectivity index (χ1v) is 4.65. The van der Waals surface area contributed by atoms with E-state index in [0.717, 1.165) is 17.6 Å². The van der Waals surface area contributed by atoms with Crippen LogP contribution in [0.1, 0.15) is 17.7 Å². The smallest absolute Gasteiger partial charge is 0.137 e. The highest BCUT2D eigenvalue weighted by Crippen LogP contribution is 2.20. The molecule has 0 amide bonds. The van der Waals surface area contributed by atoms with Crippen molar-refractivity contribution in [2.45, 2.75) is 12.2 Å². The summed E-state index contributed by atoms with van der Waals surface area (Å²) in [6.07, 6.45) is 0.804. The molecule has 0 aliphatic carbocycles. The summed E-state index contributed by atoms with van der Waals surface area (Å²) in [4.78, 5) is 10.4. The van der Waals surface area contributed by atoms with Gasteiger partial charge in [0.25, 0.3) is 0 Å². The van der Waals surface area contributed by atoms with Crippen molar-refractivity contribution in [2.24, 2.45) is 0 Å².